The van der Waals surface area contributed by atoms with Gasteiger partial charge in [-0.1, -0.05) is 0 Å². The van der Waals surface area contributed by atoms with Gasteiger partial charge >= 0.3 is 12.0 Å². The summed E-state index contributed by atoms with van der Waals surface area (Å²) in [6.45, 7) is 0.518. The Labute approximate surface area is 128 Å². The van der Waals surface area contributed by atoms with Crippen molar-refractivity contribution in [1.82, 2.24) is 10.2 Å². The molecule has 1 aliphatic rings. The number of amides is 3. The molecule has 108 valence electrons. The molecule has 3 amide bonds. The molecule has 1 aromatic heterocycles. The van der Waals surface area contributed by atoms with E-state index in [1.807, 2.05) is 11.4 Å². The molecule has 1 saturated heterocycles. The molecule has 0 spiro atoms. The van der Waals surface area contributed by atoms with E-state index in [0.29, 0.717) is 6.42 Å². The van der Waals surface area contributed by atoms with Gasteiger partial charge in [0.2, 0.25) is 5.91 Å². The molecule has 0 saturated carbocycles. The highest BCUT2D eigenvalue weighted by molar-refractivity contribution is 9.11. The molecule has 0 aliphatic carbocycles. The summed E-state index contributed by atoms with van der Waals surface area (Å²) >= 11 is 4.86. The predicted octanol–water partition coefficient (Wildman–Crippen LogP) is 1.89. The summed E-state index contributed by atoms with van der Waals surface area (Å²) in [6.07, 6.45) is 0.591. The fourth-order valence-electron chi connectivity index (χ4n) is 1.72. The van der Waals surface area contributed by atoms with Crippen molar-refractivity contribution in [3.8, 4) is 0 Å². The lowest BCUT2D eigenvalue weighted by atomic mass is 10.3. The van der Waals surface area contributed by atoms with Gasteiger partial charge in [0.25, 0.3) is 0 Å². The largest absolute Gasteiger partial charge is 0.461 e. The normalized spacial score (nSPS) is 14.6. The lowest BCUT2D eigenvalue weighted by Crippen LogP contribution is -2.32. The van der Waals surface area contributed by atoms with Crippen LogP contribution < -0.4 is 5.32 Å². The van der Waals surface area contributed by atoms with Crippen molar-refractivity contribution in [3.63, 3.8) is 0 Å². The van der Waals surface area contributed by atoms with Crippen molar-refractivity contribution >= 4 is 45.2 Å². The Morgan fingerprint density at radius 3 is 2.90 bits per heavy atom. The van der Waals surface area contributed by atoms with Gasteiger partial charge in [0, 0.05) is 18.5 Å². The molecule has 0 bridgehead atoms. The Kier molecular flexibility index (Phi) is 5.13. The smallest absolute Gasteiger partial charge is 0.324 e. The first-order chi connectivity index (χ1) is 9.56. The summed E-state index contributed by atoms with van der Waals surface area (Å²) in [5, 5.41) is 4.33. The third-order valence-electron chi connectivity index (χ3n) is 2.72. The molecule has 0 atom stereocenters. The number of carbonyl (C=O) groups is 3. The minimum atomic E-state index is -0.397. The predicted molar refractivity (Wildman–Crippen MR) is 76.2 cm³/mol. The topological polar surface area (TPSA) is 75.7 Å². The van der Waals surface area contributed by atoms with Crippen molar-refractivity contribution < 1.29 is 19.1 Å². The third kappa shape index (κ3) is 4.04. The van der Waals surface area contributed by atoms with Crippen molar-refractivity contribution in [1.29, 1.82) is 0 Å². The van der Waals surface area contributed by atoms with Crippen LogP contribution in [-0.2, 0) is 20.9 Å². The summed E-state index contributed by atoms with van der Waals surface area (Å²) in [5.41, 5.74) is 0.935. The van der Waals surface area contributed by atoms with Crippen LogP contribution in [-0.4, -0.2) is 35.9 Å². The first-order valence-corrected chi connectivity index (χ1v) is 7.70. The van der Waals surface area contributed by atoms with Crippen LogP contribution >= 0.6 is 27.3 Å². The van der Waals surface area contributed by atoms with Gasteiger partial charge in [-0.25, -0.2) is 4.79 Å². The third-order valence-corrected chi connectivity index (χ3v) is 4.27. The van der Waals surface area contributed by atoms with Gasteiger partial charge in [-0.15, -0.1) is 11.3 Å². The quantitative estimate of drug-likeness (QED) is 0.620. The van der Waals surface area contributed by atoms with Crippen LogP contribution in [0.2, 0.25) is 0 Å². The van der Waals surface area contributed by atoms with E-state index >= 15 is 0 Å². The zero-order valence-electron chi connectivity index (χ0n) is 10.6. The highest BCUT2D eigenvalue weighted by Gasteiger charge is 2.27. The van der Waals surface area contributed by atoms with E-state index in [2.05, 4.69) is 21.2 Å². The maximum atomic E-state index is 11.5. The first kappa shape index (κ1) is 15.0. The fourth-order valence-corrected chi connectivity index (χ4v) is 2.91. The van der Waals surface area contributed by atoms with E-state index < -0.39 is 6.03 Å². The number of nitrogens with zero attached hydrogens (tertiary/aromatic N) is 1. The first-order valence-electron chi connectivity index (χ1n) is 6.03. The monoisotopic (exact) mass is 360 g/mol. The number of halogens is 1. The second-order valence-electron chi connectivity index (χ2n) is 4.23. The fraction of sp³-hybridized carbons (Fsp3) is 0.417. The maximum absolute atomic E-state index is 11.5. The highest BCUT2D eigenvalue weighted by atomic mass is 79.9. The molecule has 1 aliphatic heterocycles. The Morgan fingerprint density at radius 1 is 1.50 bits per heavy atom. The molecule has 6 nitrogen and oxygen atoms in total. The summed E-state index contributed by atoms with van der Waals surface area (Å²) in [4.78, 5) is 35.2. The van der Waals surface area contributed by atoms with Crippen LogP contribution in [0, 0.1) is 0 Å². The van der Waals surface area contributed by atoms with Crippen molar-refractivity contribution in [2.24, 2.45) is 0 Å². The van der Waals surface area contributed by atoms with E-state index in [0.717, 1.165) is 14.2 Å². The molecule has 1 aromatic rings. The molecule has 20 heavy (non-hydrogen) atoms. The number of ether oxygens (including phenoxy) is 1. The number of carbonyl (C=O) groups excluding carboxylic acids is 3. The molecule has 0 unspecified atom stereocenters. The van der Waals surface area contributed by atoms with Crippen molar-refractivity contribution in [3.05, 3.63) is 20.8 Å². The number of rotatable bonds is 6. The van der Waals surface area contributed by atoms with Crippen molar-refractivity contribution in [2.75, 3.05) is 13.1 Å². The number of nitrogens with one attached hydrogen (secondary N) is 1. The zero-order valence-corrected chi connectivity index (χ0v) is 13.0. The molecule has 2 heterocycles. The van der Waals surface area contributed by atoms with Gasteiger partial charge in [0.05, 0.1) is 10.3 Å². The van der Waals surface area contributed by atoms with E-state index in [4.69, 9.17) is 4.74 Å². The van der Waals surface area contributed by atoms with Crippen LogP contribution in [0.25, 0.3) is 0 Å². The van der Waals surface area contributed by atoms with Gasteiger partial charge < -0.3 is 10.1 Å². The van der Waals surface area contributed by atoms with Crippen LogP contribution in [0.1, 0.15) is 18.4 Å². The maximum Gasteiger partial charge on any atom is 0.324 e. The molecule has 2 rings (SSSR count). The van der Waals surface area contributed by atoms with Crippen LogP contribution in [0.3, 0.4) is 0 Å². The number of urea groups is 1. The molecule has 0 radical (unpaired) electrons. The van der Waals surface area contributed by atoms with Crippen molar-refractivity contribution in [2.45, 2.75) is 19.4 Å². The molecule has 8 heteroatoms. The van der Waals surface area contributed by atoms with Crippen LogP contribution in [0.4, 0.5) is 4.79 Å². The Bertz CT molecular complexity index is 515. The molecule has 0 aromatic carbocycles. The standard InChI is InChI=1S/C12H13BrN2O4S/c13-9-4-8(7-20-9)6-19-11(17)2-1-3-15-10(16)5-14-12(15)18/h4,7H,1-3,5-6H2,(H,14,18). The highest BCUT2D eigenvalue weighted by Crippen LogP contribution is 2.21. The average molecular weight is 361 g/mol. The lowest BCUT2D eigenvalue weighted by Gasteiger charge is -2.11. The molecular weight excluding hydrogens is 348 g/mol. The van der Waals surface area contributed by atoms with Gasteiger partial charge in [-0.05, 0) is 33.8 Å². The van der Waals surface area contributed by atoms with E-state index in [-0.39, 0.29) is 38.0 Å². The SMILES string of the molecule is O=C(CCCN1C(=O)CNC1=O)OCc1csc(Br)c1. The van der Waals surface area contributed by atoms with Crippen LogP contribution in [0.15, 0.2) is 15.2 Å². The van der Waals surface area contributed by atoms with Gasteiger partial charge in [-0.2, -0.15) is 0 Å². The molecule has 1 fully saturated rings. The van der Waals surface area contributed by atoms with Gasteiger partial charge in [0.1, 0.15) is 6.61 Å². The number of thiophene rings is 1. The van der Waals surface area contributed by atoms with E-state index in [9.17, 15) is 14.4 Å². The summed E-state index contributed by atoms with van der Waals surface area (Å²) in [5.74, 6) is -0.592. The second kappa shape index (κ2) is 6.85. The van der Waals surface area contributed by atoms with Crippen LogP contribution in [0.5, 0.6) is 0 Å². The number of imide groups is 1. The molecule has 1 N–H and O–H groups in total. The minimum absolute atomic E-state index is 0.0380. The number of hydrogen-bond donors (Lipinski definition) is 1. The van der Waals surface area contributed by atoms with E-state index in [1.165, 1.54) is 11.3 Å². The Morgan fingerprint density at radius 2 is 2.30 bits per heavy atom. The Balaban J connectivity index is 1.65. The minimum Gasteiger partial charge on any atom is -0.461 e. The average Bonchev–Trinajstić information content (AvgIpc) is 2.96. The summed E-state index contributed by atoms with van der Waals surface area (Å²) in [7, 11) is 0. The van der Waals surface area contributed by atoms with Gasteiger partial charge in [-0.3, -0.25) is 14.5 Å². The second-order valence-corrected chi connectivity index (χ2v) is 6.52. The summed E-state index contributed by atoms with van der Waals surface area (Å²) < 4.78 is 6.09. The molecular formula is C12H13BrN2O4S. The van der Waals surface area contributed by atoms with Gasteiger partial charge in [0.15, 0.2) is 0 Å². The Hall–Kier alpha value is -1.41. The zero-order chi connectivity index (χ0) is 14.5. The summed E-state index contributed by atoms with van der Waals surface area (Å²) in [6, 6.07) is 1.50. The lowest BCUT2D eigenvalue weighted by molar-refractivity contribution is -0.145. The number of esters is 1. The number of hydrogen-bond acceptors (Lipinski definition) is 5. The van der Waals surface area contributed by atoms with E-state index in [1.54, 1.807) is 0 Å².